The summed E-state index contributed by atoms with van der Waals surface area (Å²) in [5, 5.41) is 3.72. The van der Waals surface area contributed by atoms with Crippen LogP contribution in [0.1, 0.15) is 32.3 Å². The van der Waals surface area contributed by atoms with Crippen molar-refractivity contribution in [2.75, 3.05) is 40.3 Å². The van der Waals surface area contributed by atoms with Crippen molar-refractivity contribution in [3.8, 4) is 0 Å². The number of nitrogens with zero attached hydrogens (tertiary/aromatic N) is 3. The van der Waals surface area contributed by atoms with Crippen LogP contribution in [0.25, 0.3) is 10.9 Å². The third-order valence-corrected chi connectivity index (χ3v) is 7.82. The predicted octanol–water partition coefficient (Wildman–Crippen LogP) is 2.65. The van der Waals surface area contributed by atoms with Crippen LogP contribution in [0.3, 0.4) is 0 Å². The van der Waals surface area contributed by atoms with Gasteiger partial charge in [0.2, 0.25) is 15.9 Å². The molecule has 0 unspecified atom stereocenters. The molecule has 0 saturated carbocycles. The van der Waals surface area contributed by atoms with Gasteiger partial charge in [-0.15, -0.1) is 0 Å². The number of hydrogen-bond acceptors (Lipinski definition) is 5. The van der Waals surface area contributed by atoms with Crippen LogP contribution in [0.5, 0.6) is 0 Å². The van der Waals surface area contributed by atoms with Crippen molar-refractivity contribution >= 4 is 26.8 Å². The lowest BCUT2D eigenvalue weighted by Crippen LogP contribution is -2.46. The fourth-order valence-corrected chi connectivity index (χ4v) is 6.05. The zero-order valence-corrected chi connectivity index (χ0v) is 20.0. The molecule has 31 heavy (non-hydrogen) atoms. The first-order chi connectivity index (χ1) is 14.5. The van der Waals surface area contributed by atoms with Crippen molar-refractivity contribution in [1.29, 1.82) is 0 Å². The van der Waals surface area contributed by atoms with E-state index >= 15 is 0 Å². The highest BCUT2D eigenvalue weighted by atomic mass is 32.2. The number of hydrogen-bond donors (Lipinski definition) is 1. The SMILES string of the molecule is Cc1ccc(S(=O)(=O)N2CCC(C(=O)NCC(C)(C)CN(C)C)CC2)c2cccnc12. The Morgan fingerprint density at radius 2 is 1.90 bits per heavy atom. The van der Waals surface area contributed by atoms with E-state index in [-0.39, 0.29) is 22.1 Å². The summed E-state index contributed by atoms with van der Waals surface area (Å²) in [7, 11) is 0.394. The summed E-state index contributed by atoms with van der Waals surface area (Å²) < 4.78 is 28.2. The lowest BCUT2D eigenvalue weighted by Gasteiger charge is -2.32. The fraction of sp³-hybridized carbons (Fsp3) is 0.565. The van der Waals surface area contributed by atoms with Gasteiger partial charge in [-0.3, -0.25) is 9.78 Å². The largest absolute Gasteiger partial charge is 0.355 e. The van der Waals surface area contributed by atoms with Gasteiger partial charge in [-0.25, -0.2) is 8.42 Å². The van der Waals surface area contributed by atoms with E-state index in [2.05, 4.69) is 29.0 Å². The molecule has 3 rings (SSSR count). The molecule has 8 heteroatoms. The van der Waals surface area contributed by atoms with Crippen molar-refractivity contribution in [2.45, 2.75) is 38.5 Å². The molecule has 0 aliphatic carbocycles. The van der Waals surface area contributed by atoms with Gasteiger partial charge in [0.1, 0.15) is 0 Å². The van der Waals surface area contributed by atoms with Crippen molar-refractivity contribution < 1.29 is 13.2 Å². The number of nitrogens with one attached hydrogen (secondary N) is 1. The van der Waals surface area contributed by atoms with Crippen LogP contribution in [0.2, 0.25) is 0 Å². The molecule has 0 bridgehead atoms. The van der Waals surface area contributed by atoms with Crippen LogP contribution in [0, 0.1) is 18.3 Å². The summed E-state index contributed by atoms with van der Waals surface area (Å²) in [5.74, 6) is -0.133. The summed E-state index contributed by atoms with van der Waals surface area (Å²) in [4.78, 5) is 19.4. The van der Waals surface area contributed by atoms with Crippen LogP contribution >= 0.6 is 0 Å². The molecule has 1 aliphatic rings. The monoisotopic (exact) mass is 446 g/mol. The van der Waals surface area contributed by atoms with E-state index in [0.29, 0.717) is 43.4 Å². The summed E-state index contributed by atoms with van der Waals surface area (Å²) >= 11 is 0. The topological polar surface area (TPSA) is 82.6 Å². The van der Waals surface area contributed by atoms with Gasteiger partial charge in [-0.2, -0.15) is 4.31 Å². The van der Waals surface area contributed by atoms with E-state index in [1.807, 2.05) is 21.0 Å². The van der Waals surface area contributed by atoms with Gasteiger partial charge in [0, 0.05) is 43.7 Å². The minimum Gasteiger partial charge on any atom is -0.355 e. The smallest absolute Gasteiger partial charge is 0.243 e. The van der Waals surface area contributed by atoms with Gasteiger partial charge in [0.25, 0.3) is 0 Å². The number of amides is 1. The number of sulfonamides is 1. The number of aryl methyl sites for hydroxylation is 1. The highest BCUT2D eigenvalue weighted by Gasteiger charge is 2.33. The Labute approximate surface area is 185 Å². The average molecular weight is 447 g/mol. The molecule has 170 valence electrons. The fourth-order valence-electron chi connectivity index (χ4n) is 4.39. The third-order valence-electron chi connectivity index (χ3n) is 5.86. The maximum Gasteiger partial charge on any atom is 0.243 e. The van der Waals surface area contributed by atoms with Crippen LogP contribution in [0.15, 0.2) is 35.4 Å². The van der Waals surface area contributed by atoms with Crippen molar-refractivity contribution in [1.82, 2.24) is 19.5 Å². The molecule has 1 aromatic heterocycles. The van der Waals surface area contributed by atoms with E-state index in [9.17, 15) is 13.2 Å². The normalized spacial score (nSPS) is 16.7. The molecular weight excluding hydrogens is 412 g/mol. The standard InChI is InChI=1S/C23H34N4O3S/c1-17-8-9-20(19-7-6-12-24-21(17)19)31(29,30)27-13-10-18(11-14-27)22(28)25-15-23(2,3)16-26(4)5/h6-9,12,18H,10-11,13-16H2,1-5H3,(H,25,28). The van der Waals surface area contributed by atoms with Crippen LogP contribution in [-0.4, -0.2) is 68.8 Å². The molecule has 0 spiro atoms. The molecule has 1 amide bonds. The number of rotatable bonds is 7. The molecule has 1 saturated heterocycles. The second-order valence-electron chi connectivity index (χ2n) is 9.58. The van der Waals surface area contributed by atoms with Gasteiger partial charge in [0.15, 0.2) is 0 Å². The summed E-state index contributed by atoms with van der Waals surface area (Å²) in [6.07, 6.45) is 2.73. The van der Waals surface area contributed by atoms with Crippen LogP contribution in [-0.2, 0) is 14.8 Å². The molecule has 0 atom stereocenters. The van der Waals surface area contributed by atoms with Crippen molar-refractivity contribution in [2.24, 2.45) is 11.3 Å². The number of carbonyl (C=O) groups is 1. The number of aromatic nitrogens is 1. The van der Waals surface area contributed by atoms with Crippen molar-refractivity contribution in [3.05, 3.63) is 36.0 Å². The highest BCUT2D eigenvalue weighted by molar-refractivity contribution is 7.89. The first kappa shape index (κ1) is 23.6. The summed E-state index contributed by atoms with van der Waals surface area (Å²) in [5.41, 5.74) is 1.63. The number of benzene rings is 1. The molecular formula is C23H34N4O3S. The van der Waals surface area contributed by atoms with Gasteiger partial charge < -0.3 is 10.2 Å². The second kappa shape index (κ2) is 9.22. The number of pyridine rings is 1. The van der Waals surface area contributed by atoms with Gasteiger partial charge in [-0.05, 0) is 63.0 Å². The van der Waals surface area contributed by atoms with E-state index in [1.54, 1.807) is 30.5 Å². The van der Waals surface area contributed by atoms with E-state index in [4.69, 9.17) is 0 Å². The molecule has 1 fully saturated rings. The zero-order chi connectivity index (χ0) is 22.8. The van der Waals surface area contributed by atoms with Gasteiger partial charge in [-0.1, -0.05) is 19.9 Å². The number of piperidine rings is 1. The molecule has 0 radical (unpaired) electrons. The van der Waals surface area contributed by atoms with E-state index in [1.165, 1.54) is 4.31 Å². The van der Waals surface area contributed by atoms with Crippen LogP contribution in [0.4, 0.5) is 0 Å². The number of carbonyl (C=O) groups excluding carboxylic acids is 1. The minimum absolute atomic E-state index is 0.0221. The Kier molecular flexibility index (Phi) is 7.03. The predicted molar refractivity (Wildman–Crippen MR) is 123 cm³/mol. The van der Waals surface area contributed by atoms with Gasteiger partial charge >= 0.3 is 0 Å². The third kappa shape index (κ3) is 5.42. The molecule has 7 nitrogen and oxygen atoms in total. The lowest BCUT2D eigenvalue weighted by atomic mass is 9.91. The first-order valence-corrected chi connectivity index (χ1v) is 12.2. The first-order valence-electron chi connectivity index (χ1n) is 10.8. The Morgan fingerprint density at radius 1 is 1.23 bits per heavy atom. The Morgan fingerprint density at radius 3 is 2.55 bits per heavy atom. The molecule has 1 aliphatic heterocycles. The Hall–Kier alpha value is -2.03. The van der Waals surface area contributed by atoms with E-state index < -0.39 is 10.0 Å². The minimum atomic E-state index is -3.65. The zero-order valence-electron chi connectivity index (χ0n) is 19.2. The van der Waals surface area contributed by atoms with Crippen molar-refractivity contribution in [3.63, 3.8) is 0 Å². The van der Waals surface area contributed by atoms with Gasteiger partial charge in [0.05, 0.1) is 10.4 Å². The lowest BCUT2D eigenvalue weighted by molar-refractivity contribution is -0.126. The molecule has 1 aromatic carbocycles. The number of fused-ring (bicyclic) bond motifs is 1. The van der Waals surface area contributed by atoms with Crippen LogP contribution < -0.4 is 5.32 Å². The quantitative estimate of drug-likeness (QED) is 0.707. The highest BCUT2D eigenvalue weighted by Crippen LogP contribution is 2.29. The average Bonchev–Trinajstić information content (AvgIpc) is 2.71. The maximum atomic E-state index is 13.3. The second-order valence-corrected chi connectivity index (χ2v) is 11.5. The maximum absolute atomic E-state index is 13.3. The molecule has 2 aromatic rings. The summed E-state index contributed by atoms with van der Waals surface area (Å²) in [6.45, 7) is 8.35. The Balaban J connectivity index is 1.66. The Bertz CT molecular complexity index is 1040. The summed E-state index contributed by atoms with van der Waals surface area (Å²) in [6, 6.07) is 7.03. The molecule has 1 N–H and O–H groups in total. The molecule has 2 heterocycles. The van der Waals surface area contributed by atoms with E-state index in [0.717, 1.165) is 12.1 Å².